The number of aryl methyl sites for hydroxylation is 1. The highest BCUT2D eigenvalue weighted by molar-refractivity contribution is 5.89. The van der Waals surface area contributed by atoms with Crippen LogP contribution in [-0.4, -0.2) is 49.2 Å². The van der Waals surface area contributed by atoms with Crippen LogP contribution in [0.2, 0.25) is 0 Å². The first kappa shape index (κ1) is 17.9. The van der Waals surface area contributed by atoms with Gasteiger partial charge in [-0.15, -0.1) is 0 Å². The van der Waals surface area contributed by atoms with E-state index in [0.717, 1.165) is 32.4 Å². The Balaban J connectivity index is 1.55. The summed E-state index contributed by atoms with van der Waals surface area (Å²) in [5, 5.41) is 0. The summed E-state index contributed by atoms with van der Waals surface area (Å²) in [5.74, 6) is -0.365. The van der Waals surface area contributed by atoms with Crippen molar-refractivity contribution in [3.63, 3.8) is 0 Å². The number of rotatable bonds is 6. The van der Waals surface area contributed by atoms with Crippen molar-refractivity contribution in [3.8, 4) is 0 Å². The van der Waals surface area contributed by atoms with Gasteiger partial charge in [0.25, 0.3) is 0 Å². The van der Waals surface area contributed by atoms with E-state index in [9.17, 15) is 9.59 Å². The Morgan fingerprint density at radius 3 is 2.56 bits per heavy atom. The van der Waals surface area contributed by atoms with E-state index in [1.165, 1.54) is 25.5 Å². The fraction of sp³-hybridized carbons (Fsp3) is 0.600. The lowest BCUT2D eigenvalue weighted by Crippen LogP contribution is -2.42. The third-order valence-electron chi connectivity index (χ3n) is 5.42. The number of cyclic esters (lactones) is 1. The second-order valence-corrected chi connectivity index (χ2v) is 7.06. The summed E-state index contributed by atoms with van der Waals surface area (Å²) in [6.07, 6.45) is 5.12. The van der Waals surface area contributed by atoms with Crippen LogP contribution < -0.4 is 0 Å². The van der Waals surface area contributed by atoms with Gasteiger partial charge in [0.1, 0.15) is 6.10 Å². The molecular weight excluding hydrogens is 318 g/mol. The van der Waals surface area contributed by atoms with Crippen LogP contribution in [0.4, 0.5) is 0 Å². The lowest BCUT2D eigenvalue weighted by atomic mass is 9.91. The molecule has 5 nitrogen and oxygen atoms in total. The van der Waals surface area contributed by atoms with Crippen molar-refractivity contribution in [2.45, 2.75) is 51.2 Å². The summed E-state index contributed by atoms with van der Waals surface area (Å²) in [7, 11) is 1.38. The van der Waals surface area contributed by atoms with Gasteiger partial charge in [0, 0.05) is 0 Å². The fourth-order valence-electron chi connectivity index (χ4n) is 4.14. The Labute approximate surface area is 149 Å². The predicted octanol–water partition coefficient (Wildman–Crippen LogP) is 2.82. The molecule has 0 saturated carbocycles. The van der Waals surface area contributed by atoms with E-state index in [1.54, 1.807) is 12.1 Å². The van der Waals surface area contributed by atoms with E-state index in [2.05, 4.69) is 4.90 Å². The van der Waals surface area contributed by atoms with Gasteiger partial charge in [-0.05, 0) is 69.8 Å². The first-order valence-electron chi connectivity index (χ1n) is 9.22. The van der Waals surface area contributed by atoms with Crippen molar-refractivity contribution < 1.29 is 19.1 Å². The molecule has 0 amide bonds. The maximum Gasteiger partial charge on any atom is 0.337 e. The van der Waals surface area contributed by atoms with Gasteiger partial charge in [0.05, 0.1) is 24.6 Å². The number of benzene rings is 1. The zero-order valence-corrected chi connectivity index (χ0v) is 15.1. The van der Waals surface area contributed by atoms with Crippen molar-refractivity contribution in [2.75, 3.05) is 20.2 Å². The van der Waals surface area contributed by atoms with E-state index in [4.69, 9.17) is 9.47 Å². The van der Waals surface area contributed by atoms with Gasteiger partial charge in [0.15, 0.2) is 0 Å². The quantitative estimate of drug-likeness (QED) is 0.742. The van der Waals surface area contributed by atoms with Crippen LogP contribution in [0.5, 0.6) is 0 Å². The lowest BCUT2D eigenvalue weighted by molar-refractivity contribution is -0.143. The molecule has 3 atom stereocenters. The minimum atomic E-state index is -0.317. The van der Waals surface area contributed by atoms with E-state index < -0.39 is 0 Å². The van der Waals surface area contributed by atoms with Crippen LogP contribution in [0.15, 0.2) is 24.3 Å². The van der Waals surface area contributed by atoms with Crippen molar-refractivity contribution in [3.05, 3.63) is 35.4 Å². The molecule has 2 aliphatic heterocycles. The van der Waals surface area contributed by atoms with E-state index in [-0.39, 0.29) is 30.0 Å². The zero-order valence-electron chi connectivity index (χ0n) is 15.1. The minimum Gasteiger partial charge on any atom is -0.465 e. The number of esters is 2. The van der Waals surface area contributed by atoms with Crippen LogP contribution >= 0.6 is 0 Å². The van der Waals surface area contributed by atoms with Crippen LogP contribution in [0.25, 0.3) is 0 Å². The van der Waals surface area contributed by atoms with Crippen molar-refractivity contribution >= 4 is 11.9 Å². The van der Waals surface area contributed by atoms with Crippen LogP contribution in [0.3, 0.4) is 0 Å². The van der Waals surface area contributed by atoms with Gasteiger partial charge >= 0.3 is 11.9 Å². The number of hydrogen-bond donors (Lipinski definition) is 0. The second kappa shape index (κ2) is 8.00. The fourth-order valence-corrected chi connectivity index (χ4v) is 4.14. The molecule has 3 unspecified atom stereocenters. The minimum absolute atomic E-state index is 0.00469. The highest BCUT2D eigenvalue weighted by Crippen LogP contribution is 2.32. The molecule has 1 aromatic carbocycles. The first-order valence-corrected chi connectivity index (χ1v) is 9.22. The van der Waals surface area contributed by atoms with Gasteiger partial charge in [0.2, 0.25) is 0 Å². The number of carbonyl (C=O) groups excluding carboxylic acids is 2. The van der Waals surface area contributed by atoms with E-state index >= 15 is 0 Å². The lowest BCUT2D eigenvalue weighted by Gasteiger charge is -2.28. The number of methoxy groups -OCH3 is 1. The molecule has 25 heavy (non-hydrogen) atoms. The number of ether oxygens (including phenoxy) is 2. The SMILES string of the molecule is COC(=O)c1ccc(CCCC2C(=O)OC(C)C2N2CCCC2)cc1. The maximum absolute atomic E-state index is 12.2. The molecule has 5 heteroatoms. The molecule has 0 N–H and O–H groups in total. The Morgan fingerprint density at radius 2 is 1.92 bits per heavy atom. The molecular formula is C20H27NO4. The smallest absolute Gasteiger partial charge is 0.337 e. The average Bonchev–Trinajstić information content (AvgIpc) is 3.23. The molecule has 0 bridgehead atoms. The number of likely N-dealkylation sites (tertiary alicyclic amines) is 1. The summed E-state index contributed by atoms with van der Waals surface area (Å²) in [5.41, 5.74) is 1.73. The molecule has 1 aromatic rings. The van der Waals surface area contributed by atoms with Crippen molar-refractivity contribution in [1.82, 2.24) is 4.90 Å². The summed E-state index contributed by atoms with van der Waals surface area (Å²) < 4.78 is 10.2. The summed E-state index contributed by atoms with van der Waals surface area (Å²) in [6.45, 7) is 4.18. The van der Waals surface area contributed by atoms with Crippen molar-refractivity contribution in [2.24, 2.45) is 5.92 Å². The molecule has 0 spiro atoms. The van der Waals surface area contributed by atoms with Crippen LogP contribution in [0, 0.1) is 5.92 Å². The highest BCUT2D eigenvalue weighted by atomic mass is 16.6. The van der Waals surface area contributed by atoms with Crippen molar-refractivity contribution in [1.29, 1.82) is 0 Å². The standard InChI is InChI=1S/C20H27NO4/c1-14-18(21-12-3-4-13-21)17(20(23)25-14)7-5-6-15-8-10-16(11-9-15)19(22)24-2/h8-11,14,17-18H,3-7,12-13H2,1-2H3. The highest BCUT2D eigenvalue weighted by Gasteiger charge is 2.45. The molecule has 3 rings (SSSR count). The van der Waals surface area contributed by atoms with Gasteiger partial charge in [-0.1, -0.05) is 12.1 Å². The van der Waals surface area contributed by atoms with Gasteiger partial charge in [-0.3, -0.25) is 9.69 Å². The third kappa shape index (κ3) is 4.03. The number of hydrogen-bond acceptors (Lipinski definition) is 5. The van der Waals surface area contributed by atoms with E-state index in [1.807, 2.05) is 19.1 Å². The summed E-state index contributed by atoms with van der Waals surface area (Å²) >= 11 is 0. The Hall–Kier alpha value is -1.88. The first-order chi connectivity index (χ1) is 12.1. The van der Waals surface area contributed by atoms with Crippen LogP contribution in [-0.2, 0) is 20.7 Å². The molecule has 0 radical (unpaired) electrons. The van der Waals surface area contributed by atoms with Gasteiger partial charge in [-0.25, -0.2) is 4.79 Å². The molecule has 2 fully saturated rings. The summed E-state index contributed by atoms with van der Waals surface area (Å²) in [4.78, 5) is 26.1. The summed E-state index contributed by atoms with van der Waals surface area (Å²) in [6, 6.07) is 7.73. The largest absolute Gasteiger partial charge is 0.465 e. The van der Waals surface area contributed by atoms with E-state index in [0.29, 0.717) is 5.56 Å². The molecule has 2 aliphatic rings. The molecule has 0 aromatic heterocycles. The number of nitrogens with zero attached hydrogens (tertiary/aromatic N) is 1. The normalized spacial score (nSPS) is 26.6. The van der Waals surface area contributed by atoms with Gasteiger partial charge in [-0.2, -0.15) is 0 Å². The Bertz CT molecular complexity index is 607. The number of carbonyl (C=O) groups is 2. The average molecular weight is 345 g/mol. The second-order valence-electron chi connectivity index (χ2n) is 7.06. The molecule has 136 valence electrons. The monoisotopic (exact) mass is 345 g/mol. The van der Waals surface area contributed by atoms with Crippen LogP contribution in [0.1, 0.15) is 48.5 Å². The third-order valence-corrected chi connectivity index (χ3v) is 5.42. The maximum atomic E-state index is 12.2. The molecule has 2 heterocycles. The predicted molar refractivity (Wildman–Crippen MR) is 94.4 cm³/mol. The Kier molecular flexibility index (Phi) is 5.74. The van der Waals surface area contributed by atoms with Gasteiger partial charge < -0.3 is 9.47 Å². The molecule has 0 aliphatic carbocycles. The molecule has 2 saturated heterocycles. The Morgan fingerprint density at radius 1 is 1.24 bits per heavy atom. The topological polar surface area (TPSA) is 55.8 Å². The zero-order chi connectivity index (χ0) is 17.8.